The number of ether oxygens (including phenoxy) is 8. The number of nitrogens with one attached hydrogen (secondary N) is 2. The fraction of sp³-hybridized carbons (Fsp3) is 0.667. The second kappa shape index (κ2) is 35.7. The maximum Gasteiger partial charge on any atom is 0.305 e. The number of rotatable bonds is 41. The zero-order valence-corrected chi connectivity index (χ0v) is 42.3. The van der Waals surface area contributed by atoms with Crippen LogP contribution in [-0.2, 0) is 63.6 Å². The molecule has 1 aromatic carbocycles. The Morgan fingerprint density at radius 1 is 0.671 bits per heavy atom. The molecule has 0 unspecified atom stereocenters. The first kappa shape index (κ1) is 58.3. The first-order valence-corrected chi connectivity index (χ1v) is 25.9. The highest BCUT2D eigenvalue weighted by Gasteiger charge is 2.29. The molecule has 70 heavy (non-hydrogen) atoms. The lowest BCUT2D eigenvalue weighted by molar-refractivity contribution is -0.138. The van der Waals surface area contributed by atoms with E-state index in [0.717, 1.165) is 66.4 Å². The van der Waals surface area contributed by atoms with Crippen LogP contribution in [0.1, 0.15) is 87.2 Å². The molecule has 2 heterocycles. The molecule has 3 N–H and O–H groups in total. The number of unbranched alkanes of at least 4 members (excludes halogenated alkanes) is 2. The van der Waals surface area contributed by atoms with Crippen molar-refractivity contribution in [3.8, 4) is 0 Å². The largest absolute Gasteiger partial charge is 0.481 e. The minimum Gasteiger partial charge on any atom is -0.481 e. The van der Waals surface area contributed by atoms with Crippen LogP contribution < -0.4 is 15.5 Å². The van der Waals surface area contributed by atoms with Gasteiger partial charge >= 0.3 is 5.97 Å². The molecular formula is C51H78N4O14S. The number of carboxylic acid groups (broad SMARTS) is 1. The molecule has 2 aromatic heterocycles. The van der Waals surface area contributed by atoms with E-state index >= 15 is 0 Å². The number of thiophene rings is 1. The van der Waals surface area contributed by atoms with Gasteiger partial charge in [0.05, 0.1) is 128 Å². The predicted molar refractivity (Wildman–Crippen MR) is 267 cm³/mol. The van der Waals surface area contributed by atoms with Crippen LogP contribution in [0.15, 0.2) is 41.8 Å². The van der Waals surface area contributed by atoms with Crippen LogP contribution >= 0.6 is 11.3 Å². The van der Waals surface area contributed by atoms with Crippen molar-refractivity contribution in [1.82, 2.24) is 15.2 Å². The third-order valence-corrected chi connectivity index (χ3v) is 12.6. The van der Waals surface area contributed by atoms with E-state index in [9.17, 15) is 24.0 Å². The van der Waals surface area contributed by atoms with Gasteiger partial charge in [0.2, 0.25) is 17.7 Å². The summed E-state index contributed by atoms with van der Waals surface area (Å²) < 4.78 is 46.2. The lowest BCUT2D eigenvalue weighted by Crippen LogP contribution is -2.35. The second-order valence-electron chi connectivity index (χ2n) is 17.1. The fourth-order valence-corrected chi connectivity index (χ4v) is 8.81. The quantitative estimate of drug-likeness (QED) is 0.0450. The Balaban J connectivity index is 0.897. The molecule has 19 heteroatoms. The van der Waals surface area contributed by atoms with Crippen LogP contribution in [-0.4, -0.2) is 164 Å². The van der Waals surface area contributed by atoms with E-state index in [-0.39, 0.29) is 54.9 Å². The molecule has 0 atom stereocenters. The van der Waals surface area contributed by atoms with E-state index in [1.54, 1.807) is 16.2 Å². The van der Waals surface area contributed by atoms with Gasteiger partial charge in [0.25, 0.3) is 0 Å². The zero-order valence-electron chi connectivity index (χ0n) is 41.5. The van der Waals surface area contributed by atoms with E-state index in [2.05, 4.69) is 10.6 Å². The number of hydrogen-bond acceptors (Lipinski definition) is 14. The van der Waals surface area contributed by atoms with Crippen molar-refractivity contribution in [3.05, 3.63) is 53.0 Å². The highest BCUT2D eigenvalue weighted by molar-refractivity contribution is 7.17. The summed E-state index contributed by atoms with van der Waals surface area (Å²) in [5.41, 5.74) is 3.42. The first-order valence-electron chi connectivity index (χ1n) is 25.0. The summed E-state index contributed by atoms with van der Waals surface area (Å²) in [5, 5.41) is 16.5. The monoisotopic (exact) mass is 1000 g/mol. The molecule has 3 amide bonds. The number of hydrogen-bond donors (Lipinski definition) is 3. The molecule has 1 saturated carbocycles. The molecule has 0 spiro atoms. The van der Waals surface area contributed by atoms with E-state index in [1.807, 2.05) is 60.2 Å². The summed E-state index contributed by atoms with van der Waals surface area (Å²) in [6, 6.07) is 11.8. The average molecular weight is 1000 g/mol. The molecule has 1 aliphatic carbocycles. The van der Waals surface area contributed by atoms with Crippen LogP contribution in [0.4, 0.5) is 5.69 Å². The first-order chi connectivity index (χ1) is 34.2. The van der Waals surface area contributed by atoms with Crippen molar-refractivity contribution < 1.29 is 67.0 Å². The molecule has 392 valence electrons. The van der Waals surface area contributed by atoms with Crippen LogP contribution in [0, 0.1) is 18.8 Å². The number of carbonyl (C=O) groups excluding carboxylic acids is 4. The molecule has 0 aliphatic heterocycles. The summed E-state index contributed by atoms with van der Waals surface area (Å²) >= 11 is 1.57. The molecular weight excluding hydrogens is 925 g/mol. The number of Topliss-reactive ketones (excluding diaryl/α,β-unsaturated/α-hetero) is 1. The summed E-state index contributed by atoms with van der Waals surface area (Å²) in [5.74, 6) is -0.704. The highest BCUT2D eigenvalue weighted by Crippen LogP contribution is 2.33. The van der Waals surface area contributed by atoms with Crippen LogP contribution in [0.2, 0.25) is 0 Å². The Bertz CT molecular complexity index is 1950. The molecule has 0 bridgehead atoms. The number of benzene rings is 1. The van der Waals surface area contributed by atoms with Gasteiger partial charge in [-0.1, -0.05) is 18.6 Å². The van der Waals surface area contributed by atoms with Gasteiger partial charge in [-0.2, -0.15) is 0 Å². The van der Waals surface area contributed by atoms with Crippen molar-refractivity contribution in [2.24, 2.45) is 11.8 Å². The zero-order chi connectivity index (χ0) is 50.0. The number of nitrogens with zero attached hydrogens (tertiary/aromatic N) is 2. The number of amides is 3. The Kier molecular flexibility index (Phi) is 29.7. The molecule has 4 rings (SSSR count). The van der Waals surface area contributed by atoms with Gasteiger partial charge in [0, 0.05) is 44.1 Å². The van der Waals surface area contributed by atoms with E-state index < -0.39 is 5.97 Å². The van der Waals surface area contributed by atoms with Crippen LogP contribution in [0.5, 0.6) is 0 Å². The Labute approximate surface area is 417 Å². The SMILES string of the molecule is CCN(C(=O)Cn1c(C(=O)CC2CCC(C(=O)NCCCCCC(=O)NCCOCCOCCOCCOCCOCCOCCOCCOCCC(=O)O)CC2)cc2sccc21)c1cccc(C)c1. The number of fused-ring (bicyclic) bond motifs is 1. The Hall–Kier alpha value is -4.31. The summed E-state index contributed by atoms with van der Waals surface area (Å²) in [7, 11) is 0. The van der Waals surface area contributed by atoms with Crippen molar-refractivity contribution >= 4 is 56.7 Å². The minimum absolute atomic E-state index is 0.0143. The summed E-state index contributed by atoms with van der Waals surface area (Å²) in [4.78, 5) is 64.8. The van der Waals surface area contributed by atoms with Gasteiger partial charge in [-0.05, 0) is 93.5 Å². The maximum absolute atomic E-state index is 13.8. The number of aliphatic carboxylic acids is 1. The lowest BCUT2D eigenvalue weighted by atomic mass is 9.79. The molecule has 3 aromatic rings. The Morgan fingerprint density at radius 2 is 1.24 bits per heavy atom. The number of aryl methyl sites for hydroxylation is 1. The number of anilines is 1. The van der Waals surface area contributed by atoms with E-state index in [1.165, 1.54) is 0 Å². The maximum atomic E-state index is 13.8. The van der Waals surface area contributed by atoms with Crippen molar-refractivity contribution in [3.63, 3.8) is 0 Å². The van der Waals surface area contributed by atoms with Crippen LogP contribution in [0.3, 0.4) is 0 Å². The number of aromatic nitrogens is 1. The number of ketones is 1. The normalized spacial score (nSPS) is 14.8. The van der Waals surface area contributed by atoms with Crippen molar-refractivity contribution in [1.29, 1.82) is 0 Å². The van der Waals surface area contributed by atoms with Gasteiger partial charge in [0.15, 0.2) is 5.78 Å². The van der Waals surface area contributed by atoms with Gasteiger partial charge < -0.3 is 63.1 Å². The van der Waals surface area contributed by atoms with E-state index in [0.29, 0.717) is 137 Å². The molecule has 0 saturated heterocycles. The molecule has 1 aliphatic rings. The average Bonchev–Trinajstić information content (AvgIpc) is 3.95. The second-order valence-corrected chi connectivity index (χ2v) is 18.0. The van der Waals surface area contributed by atoms with Gasteiger partial charge in [-0.15, -0.1) is 11.3 Å². The molecule has 0 radical (unpaired) electrons. The third kappa shape index (κ3) is 23.7. The summed E-state index contributed by atoms with van der Waals surface area (Å²) in [6.45, 7) is 12.3. The number of carboxylic acids is 1. The Morgan fingerprint density at radius 3 is 1.80 bits per heavy atom. The van der Waals surface area contributed by atoms with Crippen LogP contribution in [0.25, 0.3) is 10.2 Å². The van der Waals surface area contributed by atoms with Crippen molar-refractivity contribution in [2.75, 3.05) is 130 Å². The van der Waals surface area contributed by atoms with E-state index in [4.69, 9.17) is 43.0 Å². The van der Waals surface area contributed by atoms with Crippen molar-refractivity contribution in [2.45, 2.75) is 84.6 Å². The number of likely N-dealkylation sites (N-methyl/N-ethyl adjacent to an activating group) is 1. The van der Waals surface area contributed by atoms with Gasteiger partial charge in [0.1, 0.15) is 6.54 Å². The van der Waals surface area contributed by atoms with Gasteiger partial charge in [-0.3, -0.25) is 24.0 Å². The highest BCUT2D eigenvalue weighted by atomic mass is 32.1. The standard InChI is InChI=1S/C51H78N4O14S/c1-3-54(43-9-7-8-40(2)36-43)49(58)39-55-44-16-35-70-47(44)38-45(55)46(56)37-41-11-13-42(14-12-41)51(61)53-17-6-4-5-10-48(57)52-18-20-63-22-24-65-26-28-67-30-32-69-34-33-68-31-29-66-27-25-64-23-21-62-19-15-50(59)60/h7-9,16,35-36,38,41-42H,3-6,10-15,17-34,37,39H2,1-2H3,(H,52,57)(H,53,61)(H,59,60). The lowest BCUT2D eigenvalue weighted by Gasteiger charge is -2.27. The van der Waals surface area contributed by atoms with Gasteiger partial charge in [-0.25, -0.2) is 0 Å². The fourth-order valence-electron chi connectivity index (χ4n) is 7.99. The minimum atomic E-state index is -0.883. The predicted octanol–water partition coefficient (Wildman–Crippen LogP) is 5.84. The topological polar surface area (TPSA) is 212 Å². The third-order valence-electron chi connectivity index (χ3n) is 11.7. The molecule has 1 fully saturated rings. The number of carbonyl (C=O) groups is 5. The smallest absolute Gasteiger partial charge is 0.305 e. The molecule has 18 nitrogen and oxygen atoms in total. The summed E-state index contributed by atoms with van der Waals surface area (Å²) in [6.07, 6.45) is 6.32.